The molecule has 0 bridgehead atoms. The van der Waals surface area contributed by atoms with E-state index < -0.39 is 6.00 Å². The zero-order valence-corrected chi connectivity index (χ0v) is 10.6. The molecule has 0 fully saturated rings. The van der Waals surface area contributed by atoms with Gasteiger partial charge in [-0.1, -0.05) is 22.8 Å². The van der Waals surface area contributed by atoms with Gasteiger partial charge >= 0.3 is 6.00 Å². The van der Waals surface area contributed by atoms with E-state index in [-0.39, 0.29) is 5.54 Å². The molecule has 1 atom stereocenters. The Balaban J connectivity index is 3.02. The first-order valence-corrected chi connectivity index (χ1v) is 8.87. The number of halogens is 3. The molecule has 0 nitrogen and oxygen atoms in total. The van der Waals surface area contributed by atoms with Crippen molar-refractivity contribution in [3.63, 3.8) is 0 Å². The Morgan fingerprint density at radius 3 is 1.83 bits per heavy atom. The molecular formula is C8H11Cl3Si. The standard InChI is InChI=1S/C8H11Cl3Si/c1-5-4-6(2)8(7(5)3)12(9,10)11/h4,8H,1-3H3. The van der Waals surface area contributed by atoms with Crippen LogP contribution in [0.2, 0.25) is 5.54 Å². The van der Waals surface area contributed by atoms with Crippen LogP contribution in [0.25, 0.3) is 0 Å². The molecule has 1 aliphatic carbocycles. The Kier molecular flexibility index (Phi) is 2.99. The fraction of sp³-hybridized carbons (Fsp3) is 0.500. The van der Waals surface area contributed by atoms with Gasteiger partial charge in [-0.15, -0.1) is 33.2 Å². The van der Waals surface area contributed by atoms with Gasteiger partial charge in [0.1, 0.15) is 0 Å². The number of hydrogen-bond acceptors (Lipinski definition) is 0. The summed E-state index contributed by atoms with van der Waals surface area (Å²) in [6, 6.07) is -2.60. The van der Waals surface area contributed by atoms with Crippen LogP contribution in [0.5, 0.6) is 0 Å². The van der Waals surface area contributed by atoms with Crippen LogP contribution in [-0.4, -0.2) is 6.00 Å². The summed E-state index contributed by atoms with van der Waals surface area (Å²) in [4.78, 5) is 0. The third-order valence-electron chi connectivity index (χ3n) is 2.28. The summed E-state index contributed by atoms with van der Waals surface area (Å²) in [6.45, 7) is 6.13. The smallest absolute Gasteiger partial charge is 0.125 e. The normalized spacial score (nSPS) is 24.8. The molecule has 0 aromatic carbocycles. The molecule has 0 heterocycles. The summed E-state index contributed by atoms with van der Waals surface area (Å²) in [5.74, 6) is 0. The highest BCUT2D eigenvalue weighted by Crippen LogP contribution is 2.48. The second-order valence-corrected chi connectivity index (χ2v) is 12.0. The average Bonchev–Trinajstić information content (AvgIpc) is 2.05. The Labute approximate surface area is 88.3 Å². The van der Waals surface area contributed by atoms with Crippen LogP contribution in [-0.2, 0) is 0 Å². The van der Waals surface area contributed by atoms with Crippen molar-refractivity contribution in [3.05, 3.63) is 22.8 Å². The van der Waals surface area contributed by atoms with Crippen molar-refractivity contribution < 1.29 is 0 Å². The molecule has 12 heavy (non-hydrogen) atoms. The number of allylic oxidation sites excluding steroid dienone is 4. The third kappa shape index (κ3) is 1.90. The van der Waals surface area contributed by atoms with E-state index in [2.05, 4.69) is 13.0 Å². The molecule has 0 aliphatic heterocycles. The van der Waals surface area contributed by atoms with Gasteiger partial charge in [0.05, 0.1) is 0 Å². The molecular weight excluding hydrogens is 231 g/mol. The second-order valence-electron chi connectivity index (χ2n) is 3.23. The summed E-state index contributed by atoms with van der Waals surface area (Å²) in [5.41, 5.74) is 3.76. The minimum absolute atomic E-state index is 0.0995. The molecule has 4 heteroatoms. The molecule has 1 rings (SSSR count). The Morgan fingerprint density at radius 2 is 1.67 bits per heavy atom. The van der Waals surface area contributed by atoms with Crippen LogP contribution in [0, 0.1) is 0 Å². The maximum absolute atomic E-state index is 5.99. The lowest BCUT2D eigenvalue weighted by Crippen LogP contribution is -2.20. The van der Waals surface area contributed by atoms with Gasteiger partial charge in [0.2, 0.25) is 0 Å². The zero-order valence-electron chi connectivity index (χ0n) is 7.29. The summed E-state index contributed by atoms with van der Waals surface area (Å²) in [7, 11) is 0. The summed E-state index contributed by atoms with van der Waals surface area (Å²) in [5, 5.41) is 0. The van der Waals surface area contributed by atoms with Crippen molar-refractivity contribution in [3.8, 4) is 0 Å². The molecule has 0 radical (unpaired) electrons. The number of rotatable bonds is 1. The van der Waals surface area contributed by atoms with Crippen molar-refractivity contribution in [2.24, 2.45) is 0 Å². The van der Waals surface area contributed by atoms with Gasteiger partial charge in [0.15, 0.2) is 0 Å². The molecule has 0 aromatic rings. The quantitative estimate of drug-likeness (QED) is 0.474. The Morgan fingerprint density at radius 1 is 1.17 bits per heavy atom. The van der Waals surface area contributed by atoms with Crippen molar-refractivity contribution in [1.29, 1.82) is 0 Å². The predicted octanol–water partition coefficient (Wildman–Crippen LogP) is 4.31. The van der Waals surface area contributed by atoms with Gasteiger partial charge in [0, 0.05) is 5.54 Å². The fourth-order valence-electron chi connectivity index (χ4n) is 1.61. The summed E-state index contributed by atoms with van der Waals surface area (Å²) >= 11 is 18.0. The SMILES string of the molecule is CC1=CC(C)=C(C)C1[Si](Cl)(Cl)Cl. The predicted molar refractivity (Wildman–Crippen MR) is 59.2 cm³/mol. The minimum atomic E-state index is -2.60. The highest BCUT2D eigenvalue weighted by atomic mass is 35.8. The molecule has 68 valence electrons. The van der Waals surface area contributed by atoms with Crippen LogP contribution in [0.1, 0.15) is 20.8 Å². The van der Waals surface area contributed by atoms with Crippen molar-refractivity contribution >= 4 is 39.2 Å². The van der Waals surface area contributed by atoms with Crippen molar-refractivity contribution in [2.75, 3.05) is 0 Å². The average molecular weight is 242 g/mol. The van der Waals surface area contributed by atoms with E-state index in [4.69, 9.17) is 33.2 Å². The highest BCUT2D eigenvalue weighted by molar-refractivity contribution is 7.65. The number of hydrogen-bond donors (Lipinski definition) is 0. The summed E-state index contributed by atoms with van der Waals surface area (Å²) < 4.78 is 0. The first-order chi connectivity index (χ1) is 5.34. The van der Waals surface area contributed by atoms with Crippen molar-refractivity contribution in [1.82, 2.24) is 0 Å². The van der Waals surface area contributed by atoms with E-state index in [9.17, 15) is 0 Å². The van der Waals surface area contributed by atoms with Crippen LogP contribution in [0.3, 0.4) is 0 Å². The molecule has 0 spiro atoms. The van der Waals surface area contributed by atoms with E-state index in [1.807, 2.05) is 13.8 Å². The molecule has 0 saturated carbocycles. The van der Waals surface area contributed by atoms with Crippen LogP contribution in [0.15, 0.2) is 22.8 Å². The van der Waals surface area contributed by atoms with E-state index in [1.54, 1.807) is 0 Å². The monoisotopic (exact) mass is 240 g/mol. The van der Waals surface area contributed by atoms with E-state index in [1.165, 1.54) is 16.7 Å². The van der Waals surface area contributed by atoms with Gasteiger partial charge in [-0.3, -0.25) is 0 Å². The lowest BCUT2D eigenvalue weighted by atomic mass is 10.1. The lowest BCUT2D eigenvalue weighted by molar-refractivity contribution is 1.12. The highest BCUT2D eigenvalue weighted by Gasteiger charge is 2.41. The largest absolute Gasteiger partial charge is 0.351 e. The van der Waals surface area contributed by atoms with Gasteiger partial charge < -0.3 is 0 Å². The molecule has 0 amide bonds. The zero-order chi connectivity index (χ0) is 9.52. The van der Waals surface area contributed by atoms with E-state index >= 15 is 0 Å². The van der Waals surface area contributed by atoms with E-state index in [0.717, 1.165) is 0 Å². The second kappa shape index (κ2) is 3.37. The molecule has 0 N–H and O–H groups in total. The molecule has 1 aliphatic rings. The van der Waals surface area contributed by atoms with Crippen LogP contribution in [0.4, 0.5) is 0 Å². The first-order valence-electron chi connectivity index (χ1n) is 3.76. The lowest BCUT2D eigenvalue weighted by Gasteiger charge is -2.20. The van der Waals surface area contributed by atoms with Gasteiger partial charge in [0.25, 0.3) is 0 Å². The minimum Gasteiger partial charge on any atom is -0.125 e. The summed E-state index contributed by atoms with van der Waals surface area (Å²) in [6.07, 6.45) is 2.11. The maximum atomic E-state index is 5.99. The third-order valence-corrected chi connectivity index (χ3v) is 5.79. The molecule has 0 aromatic heterocycles. The first kappa shape index (κ1) is 10.6. The Bertz CT molecular complexity index is 260. The van der Waals surface area contributed by atoms with Crippen LogP contribution >= 0.6 is 33.2 Å². The van der Waals surface area contributed by atoms with Gasteiger partial charge in [-0.2, -0.15) is 0 Å². The fourth-order valence-corrected chi connectivity index (χ4v) is 5.95. The van der Waals surface area contributed by atoms with Crippen LogP contribution < -0.4 is 0 Å². The molecule has 1 unspecified atom stereocenters. The van der Waals surface area contributed by atoms with Crippen molar-refractivity contribution in [2.45, 2.75) is 26.3 Å². The van der Waals surface area contributed by atoms with E-state index in [0.29, 0.717) is 0 Å². The van der Waals surface area contributed by atoms with Gasteiger partial charge in [-0.25, -0.2) is 0 Å². The topological polar surface area (TPSA) is 0 Å². The van der Waals surface area contributed by atoms with Gasteiger partial charge in [-0.05, 0) is 20.8 Å². The Hall–Kier alpha value is 0.567. The molecule has 0 saturated heterocycles. The maximum Gasteiger partial charge on any atom is 0.351 e.